The van der Waals surface area contributed by atoms with Crippen LogP contribution in [0.5, 0.6) is 0 Å². The Morgan fingerprint density at radius 2 is 2.29 bits per heavy atom. The molecule has 5 N–H and O–H groups in total. The van der Waals surface area contributed by atoms with Gasteiger partial charge in [-0.1, -0.05) is 0 Å². The van der Waals surface area contributed by atoms with E-state index >= 15 is 0 Å². The molecule has 1 aliphatic rings. The molecule has 2 rings (SSSR count). The highest BCUT2D eigenvalue weighted by Gasteiger charge is 2.35. The van der Waals surface area contributed by atoms with Crippen molar-refractivity contribution in [2.75, 3.05) is 6.61 Å². The summed E-state index contributed by atoms with van der Waals surface area (Å²) in [7, 11) is 0. The smallest absolute Gasteiger partial charge is 0.330 e. The van der Waals surface area contributed by atoms with Crippen molar-refractivity contribution in [3.63, 3.8) is 0 Å². The standard InChI is InChI=1S/C12H15N3O6/c13-9(18)2-1-6-4-15(12(20)14-11(6)19)10-3-7(17)8(5-16)21-10/h1-2,4,7-8,10,16-17H,3,5H2,(H2,13,18)(H,14,19,20)/b2-1+/t7-,8-,10-/m1/s1. The minimum absolute atomic E-state index is 0.0407. The summed E-state index contributed by atoms with van der Waals surface area (Å²) in [6.07, 6.45) is 0.935. The van der Waals surface area contributed by atoms with Crippen molar-refractivity contribution in [2.45, 2.75) is 24.9 Å². The van der Waals surface area contributed by atoms with Crippen LogP contribution in [0.1, 0.15) is 18.2 Å². The molecule has 3 atom stereocenters. The van der Waals surface area contributed by atoms with Crippen molar-refractivity contribution < 1.29 is 19.7 Å². The molecule has 1 saturated heterocycles. The molecule has 0 saturated carbocycles. The second kappa shape index (κ2) is 6.04. The summed E-state index contributed by atoms with van der Waals surface area (Å²) in [6, 6.07) is 0. The SMILES string of the molecule is NC(=O)/C=C/c1cn([C@H]2C[C@@H](O)[C@@H](CO)O2)c(=O)[nH]c1=O. The van der Waals surface area contributed by atoms with Crippen molar-refractivity contribution in [2.24, 2.45) is 5.73 Å². The van der Waals surface area contributed by atoms with Crippen LogP contribution in [0.3, 0.4) is 0 Å². The quantitative estimate of drug-likeness (QED) is 0.458. The first-order valence-electron chi connectivity index (χ1n) is 6.19. The molecule has 114 valence electrons. The van der Waals surface area contributed by atoms with Crippen molar-refractivity contribution in [1.29, 1.82) is 0 Å². The maximum absolute atomic E-state index is 11.8. The molecule has 0 aliphatic carbocycles. The van der Waals surface area contributed by atoms with E-state index in [4.69, 9.17) is 15.6 Å². The third-order valence-electron chi connectivity index (χ3n) is 3.12. The second-order valence-electron chi connectivity index (χ2n) is 4.60. The fraction of sp³-hybridized carbons (Fsp3) is 0.417. The molecule has 1 fully saturated rings. The van der Waals surface area contributed by atoms with Gasteiger partial charge in [0, 0.05) is 18.7 Å². The van der Waals surface area contributed by atoms with Gasteiger partial charge < -0.3 is 20.7 Å². The Morgan fingerprint density at radius 3 is 2.86 bits per heavy atom. The number of nitrogens with two attached hydrogens (primary N) is 1. The Balaban J connectivity index is 2.37. The van der Waals surface area contributed by atoms with E-state index in [9.17, 15) is 19.5 Å². The molecule has 0 bridgehead atoms. The van der Waals surface area contributed by atoms with Gasteiger partial charge in [0.15, 0.2) is 0 Å². The zero-order valence-electron chi connectivity index (χ0n) is 10.9. The van der Waals surface area contributed by atoms with E-state index in [2.05, 4.69) is 4.98 Å². The van der Waals surface area contributed by atoms with Gasteiger partial charge in [-0.25, -0.2) is 4.79 Å². The number of aliphatic hydroxyl groups is 2. The molecule has 1 aromatic rings. The van der Waals surface area contributed by atoms with E-state index in [1.807, 2.05) is 0 Å². The summed E-state index contributed by atoms with van der Waals surface area (Å²) < 4.78 is 6.42. The monoisotopic (exact) mass is 297 g/mol. The maximum atomic E-state index is 11.8. The number of hydrogen-bond acceptors (Lipinski definition) is 6. The summed E-state index contributed by atoms with van der Waals surface area (Å²) in [5.74, 6) is -0.736. The number of rotatable bonds is 4. The summed E-state index contributed by atoms with van der Waals surface area (Å²) >= 11 is 0. The van der Waals surface area contributed by atoms with E-state index in [1.54, 1.807) is 0 Å². The van der Waals surface area contributed by atoms with Crippen LogP contribution in [-0.4, -0.2) is 44.5 Å². The van der Waals surface area contributed by atoms with E-state index in [0.29, 0.717) is 0 Å². The highest BCUT2D eigenvalue weighted by Crippen LogP contribution is 2.27. The van der Waals surface area contributed by atoms with Gasteiger partial charge in [-0.05, 0) is 6.08 Å². The summed E-state index contributed by atoms with van der Waals surface area (Å²) in [5, 5.41) is 18.7. The Bertz CT molecular complexity index is 676. The second-order valence-corrected chi connectivity index (χ2v) is 4.60. The number of carbonyl (C=O) groups excluding carboxylic acids is 1. The van der Waals surface area contributed by atoms with Gasteiger partial charge in [-0.2, -0.15) is 0 Å². The third kappa shape index (κ3) is 3.27. The first kappa shape index (κ1) is 15.2. The fourth-order valence-electron chi connectivity index (χ4n) is 2.06. The van der Waals surface area contributed by atoms with Crippen LogP contribution in [0.2, 0.25) is 0 Å². The molecular weight excluding hydrogens is 282 g/mol. The largest absolute Gasteiger partial charge is 0.394 e. The van der Waals surface area contributed by atoms with E-state index in [0.717, 1.165) is 10.6 Å². The number of nitrogens with zero attached hydrogens (tertiary/aromatic N) is 1. The predicted octanol–water partition coefficient (Wildman–Crippen LogP) is -2.32. The van der Waals surface area contributed by atoms with Gasteiger partial charge in [0.05, 0.1) is 18.3 Å². The Morgan fingerprint density at radius 1 is 1.57 bits per heavy atom. The lowest BCUT2D eigenvalue weighted by Crippen LogP contribution is -2.33. The predicted molar refractivity (Wildman–Crippen MR) is 71.2 cm³/mol. The molecule has 9 nitrogen and oxygen atoms in total. The number of aromatic nitrogens is 2. The van der Waals surface area contributed by atoms with Crippen LogP contribution < -0.4 is 17.0 Å². The topological polar surface area (TPSA) is 148 Å². The van der Waals surface area contributed by atoms with Crippen molar-refractivity contribution in [3.8, 4) is 0 Å². The molecule has 21 heavy (non-hydrogen) atoms. The highest BCUT2D eigenvalue weighted by atomic mass is 16.5. The molecule has 2 heterocycles. The van der Waals surface area contributed by atoms with Crippen LogP contribution in [0, 0.1) is 0 Å². The first-order valence-corrected chi connectivity index (χ1v) is 6.19. The number of carbonyl (C=O) groups is 1. The molecule has 0 spiro atoms. The van der Waals surface area contributed by atoms with Crippen molar-refractivity contribution >= 4 is 12.0 Å². The zero-order valence-corrected chi connectivity index (χ0v) is 10.9. The van der Waals surface area contributed by atoms with Crippen molar-refractivity contribution in [3.05, 3.63) is 38.7 Å². The third-order valence-corrected chi connectivity index (χ3v) is 3.12. The number of nitrogens with one attached hydrogen (secondary N) is 1. The molecule has 1 amide bonds. The van der Waals surface area contributed by atoms with Crippen LogP contribution in [0.25, 0.3) is 6.08 Å². The normalized spacial score (nSPS) is 25.5. The molecular formula is C12H15N3O6. The number of primary amides is 1. The Kier molecular flexibility index (Phi) is 4.36. The van der Waals surface area contributed by atoms with Crippen LogP contribution in [-0.2, 0) is 9.53 Å². The number of aromatic amines is 1. The van der Waals surface area contributed by atoms with E-state index in [-0.39, 0.29) is 18.6 Å². The molecule has 0 radical (unpaired) electrons. The van der Waals surface area contributed by atoms with Gasteiger partial charge in [0.2, 0.25) is 5.91 Å². The van der Waals surface area contributed by atoms with Gasteiger partial charge in [0.1, 0.15) is 12.3 Å². The molecule has 0 aromatic carbocycles. The summed E-state index contributed by atoms with van der Waals surface area (Å²) in [6.45, 7) is -0.385. The highest BCUT2D eigenvalue weighted by molar-refractivity contribution is 5.90. The number of amides is 1. The van der Waals surface area contributed by atoms with Gasteiger partial charge in [-0.3, -0.25) is 19.1 Å². The molecule has 1 aliphatic heterocycles. The summed E-state index contributed by atoms with van der Waals surface area (Å²) in [5.41, 5.74) is 3.59. The lowest BCUT2D eigenvalue weighted by atomic mass is 10.2. The number of ether oxygens (including phenoxy) is 1. The summed E-state index contributed by atoms with van der Waals surface area (Å²) in [4.78, 5) is 36.2. The molecule has 0 unspecified atom stereocenters. The minimum Gasteiger partial charge on any atom is -0.394 e. The number of hydrogen-bond donors (Lipinski definition) is 4. The lowest BCUT2D eigenvalue weighted by molar-refractivity contribution is -0.113. The fourth-order valence-corrected chi connectivity index (χ4v) is 2.06. The first-order chi connectivity index (χ1) is 9.92. The van der Waals surface area contributed by atoms with Crippen LogP contribution in [0.15, 0.2) is 21.9 Å². The van der Waals surface area contributed by atoms with Crippen molar-refractivity contribution in [1.82, 2.24) is 9.55 Å². The van der Waals surface area contributed by atoms with E-state index in [1.165, 1.54) is 12.3 Å². The number of H-pyrrole nitrogens is 1. The van der Waals surface area contributed by atoms with E-state index < -0.39 is 35.6 Å². The number of aliphatic hydroxyl groups excluding tert-OH is 2. The Hall–Kier alpha value is -2.23. The van der Waals surface area contributed by atoms with Gasteiger partial charge in [-0.15, -0.1) is 0 Å². The van der Waals surface area contributed by atoms with Crippen LogP contribution in [0.4, 0.5) is 0 Å². The molecule has 1 aromatic heterocycles. The lowest BCUT2D eigenvalue weighted by Gasteiger charge is -2.14. The average molecular weight is 297 g/mol. The molecule has 9 heteroatoms. The maximum Gasteiger partial charge on any atom is 0.330 e. The Labute approximate surface area is 118 Å². The minimum atomic E-state index is -0.913. The van der Waals surface area contributed by atoms with Crippen LogP contribution >= 0.6 is 0 Å². The van der Waals surface area contributed by atoms with Gasteiger partial charge in [0.25, 0.3) is 5.56 Å². The van der Waals surface area contributed by atoms with Gasteiger partial charge >= 0.3 is 5.69 Å². The average Bonchev–Trinajstić information content (AvgIpc) is 2.78. The zero-order chi connectivity index (χ0) is 15.6.